The van der Waals surface area contributed by atoms with Crippen molar-refractivity contribution in [3.8, 4) is 16.9 Å². The number of carbonyl (C=O) groups excluding carboxylic acids is 2. The van der Waals surface area contributed by atoms with Crippen LogP contribution in [0.4, 0.5) is 10.6 Å². The molecule has 0 atom stereocenters. The Morgan fingerprint density at radius 2 is 1.84 bits per heavy atom. The van der Waals surface area contributed by atoms with Gasteiger partial charge >= 0.3 is 6.09 Å². The first-order valence-corrected chi connectivity index (χ1v) is 12.3. The highest BCUT2D eigenvalue weighted by Crippen LogP contribution is 2.33. The van der Waals surface area contributed by atoms with Crippen molar-refractivity contribution in [2.24, 2.45) is 5.73 Å². The summed E-state index contributed by atoms with van der Waals surface area (Å²) in [6, 6.07) is 11.0. The first kappa shape index (κ1) is 24.6. The molecule has 0 unspecified atom stereocenters. The number of anilines is 1. The normalized spacial score (nSPS) is 17.4. The number of primary amides is 1. The van der Waals surface area contributed by atoms with Crippen molar-refractivity contribution >= 4 is 40.3 Å². The van der Waals surface area contributed by atoms with E-state index in [0.29, 0.717) is 38.8 Å². The predicted molar refractivity (Wildman–Crippen MR) is 141 cm³/mol. The zero-order chi connectivity index (χ0) is 25.9. The van der Waals surface area contributed by atoms with Gasteiger partial charge in [-0.05, 0) is 62.1 Å². The molecule has 3 heterocycles. The van der Waals surface area contributed by atoms with Crippen molar-refractivity contribution in [2.45, 2.75) is 37.8 Å². The van der Waals surface area contributed by atoms with Gasteiger partial charge in [0.1, 0.15) is 23.3 Å². The number of fused-ring (bicyclic) bond motifs is 1. The fourth-order valence-electron chi connectivity index (χ4n) is 4.67. The van der Waals surface area contributed by atoms with E-state index in [4.69, 9.17) is 26.8 Å². The lowest BCUT2D eigenvalue weighted by atomic mass is 9.93. The Hall–Kier alpha value is -4.11. The molecule has 9 nitrogen and oxygen atoms in total. The Morgan fingerprint density at radius 1 is 1.08 bits per heavy atom. The van der Waals surface area contributed by atoms with E-state index in [1.165, 1.54) is 0 Å². The lowest BCUT2D eigenvalue weighted by Crippen LogP contribution is -2.32. The number of nitrogens with two attached hydrogens (primary N) is 1. The summed E-state index contributed by atoms with van der Waals surface area (Å²) in [7, 11) is 1.58. The molecule has 1 saturated carbocycles. The second-order valence-electron chi connectivity index (χ2n) is 8.98. The van der Waals surface area contributed by atoms with Gasteiger partial charge in [0.2, 0.25) is 0 Å². The van der Waals surface area contributed by atoms with E-state index < -0.39 is 6.09 Å². The zero-order valence-electron chi connectivity index (χ0n) is 20.2. The Balaban J connectivity index is 1.38. The summed E-state index contributed by atoms with van der Waals surface area (Å²) in [6.45, 7) is 0. The molecule has 1 aliphatic carbocycles. The summed E-state index contributed by atoms with van der Waals surface area (Å²) >= 11 is 6.53. The third kappa shape index (κ3) is 5.36. The number of pyridine rings is 2. The number of aromatic nitrogens is 3. The zero-order valence-corrected chi connectivity index (χ0v) is 20.9. The molecule has 5 rings (SSSR count). The highest BCUT2D eigenvalue weighted by Gasteiger charge is 2.24. The van der Waals surface area contributed by atoms with Gasteiger partial charge in [-0.15, -0.1) is 0 Å². The minimum atomic E-state index is -0.734. The van der Waals surface area contributed by atoms with Crippen molar-refractivity contribution in [1.82, 2.24) is 15.0 Å². The summed E-state index contributed by atoms with van der Waals surface area (Å²) in [4.78, 5) is 36.3. The molecule has 0 aliphatic heterocycles. The van der Waals surface area contributed by atoms with E-state index in [0.717, 1.165) is 36.8 Å². The van der Waals surface area contributed by atoms with Gasteiger partial charge in [-0.25, -0.2) is 14.8 Å². The van der Waals surface area contributed by atoms with Gasteiger partial charge in [-0.3, -0.25) is 4.79 Å². The van der Waals surface area contributed by atoms with E-state index in [2.05, 4.69) is 20.3 Å². The minimum absolute atomic E-state index is 0.119. The number of nitrogens with one attached hydrogen (secondary N) is 2. The lowest BCUT2D eigenvalue weighted by molar-refractivity contribution is 0.0805. The van der Waals surface area contributed by atoms with Gasteiger partial charge in [0.05, 0.1) is 12.1 Å². The molecule has 190 valence electrons. The van der Waals surface area contributed by atoms with Crippen LogP contribution >= 0.6 is 11.6 Å². The Morgan fingerprint density at radius 3 is 2.54 bits per heavy atom. The van der Waals surface area contributed by atoms with E-state index in [1.807, 2.05) is 12.1 Å². The summed E-state index contributed by atoms with van der Waals surface area (Å²) in [5, 5.41) is 4.63. The second-order valence-corrected chi connectivity index (χ2v) is 9.39. The molecule has 37 heavy (non-hydrogen) atoms. The van der Waals surface area contributed by atoms with Crippen molar-refractivity contribution < 1.29 is 19.1 Å². The Labute approximate surface area is 218 Å². The standard InChI is InChI=1S/C27H26ClN5O4/c1-36-18-6-2-15(3-7-18)25(34)22-13-32-26-21(22)10-16(12-31-26)20-11-24(30-14-23(20)28)33-17-4-8-19(9-5-17)37-27(29)35/h2-3,6-7,10-14,17,19H,4-5,8-9H2,1H3,(H2,29,35)(H,30,33)(H,31,32). The fraction of sp³-hybridized carbons (Fsp3) is 0.259. The highest BCUT2D eigenvalue weighted by molar-refractivity contribution is 6.33. The van der Waals surface area contributed by atoms with Gasteiger partial charge in [0, 0.05) is 52.3 Å². The molecule has 1 fully saturated rings. The SMILES string of the molecule is COc1ccc(C(=O)c2c[nH]c3ncc(-c4cc(NC5CCC(OC(N)=O)CC5)ncc4Cl)cc23)cc1. The van der Waals surface area contributed by atoms with Crippen LogP contribution in [0.25, 0.3) is 22.2 Å². The van der Waals surface area contributed by atoms with Crippen LogP contribution < -0.4 is 15.8 Å². The third-order valence-electron chi connectivity index (χ3n) is 6.60. The number of benzene rings is 1. The third-order valence-corrected chi connectivity index (χ3v) is 6.90. The Bertz CT molecular complexity index is 1450. The van der Waals surface area contributed by atoms with Crippen LogP contribution in [0, 0.1) is 0 Å². The number of methoxy groups -OCH3 is 1. The number of rotatable bonds is 7. The smallest absolute Gasteiger partial charge is 0.404 e. The van der Waals surface area contributed by atoms with Crippen LogP contribution in [0.3, 0.4) is 0 Å². The topological polar surface area (TPSA) is 132 Å². The van der Waals surface area contributed by atoms with Crippen LogP contribution in [0.1, 0.15) is 41.6 Å². The van der Waals surface area contributed by atoms with E-state index in [9.17, 15) is 9.59 Å². The van der Waals surface area contributed by atoms with Gasteiger partial charge < -0.3 is 25.5 Å². The molecule has 0 saturated heterocycles. The molecule has 1 aliphatic rings. The number of carbonyl (C=O) groups is 2. The van der Waals surface area contributed by atoms with E-state index >= 15 is 0 Å². The van der Waals surface area contributed by atoms with E-state index in [-0.39, 0.29) is 17.9 Å². The minimum Gasteiger partial charge on any atom is -0.497 e. The first-order valence-electron chi connectivity index (χ1n) is 12.0. The number of ketones is 1. The molecule has 10 heteroatoms. The number of nitrogens with zero attached hydrogens (tertiary/aromatic N) is 2. The van der Waals surface area contributed by atoms with Crippen LogP contribution in [0.2, 0.25) is 5.02 Å². The average molecular weight is 520 g/mol. The molecule has 3 aromatic heterocycles. The molecule has 4 N–H and O–H groups in total. The molecular formula is C27H26ClN5O4. The van der Waals surface area contributed by atoms with Crippen LogP contribution in [0.5, 0.6) is 5.75 Å². The summed E-state index contributed by atoms with van der Waals surface area (Å²) in [5.41, 5.74) is 8.34. The quantitative estimate of drug-likeness (QED) is 0.281. The maximum absolute atomic E-state index is 13.2. The molecule has 1 amide bonds. The molecule has 4 aromatic rings. The number of H-pyrrole nitrogens is 1. The number of amides is 1. The summed E-state index contributed by atoms with van der Waals surface area (Å²) in [6.07, 6.45) is 7.24. The summed E-state index contributed by atoms with van der Waals surface area (Å²) < 4.78 is 10.3. The molecule has 0 spiro atoms. The number of ether oxygens (including phenoxy) is 2. The fourth-order valence-corrected chi connectivity index (χ4v) is 4.89. The monoisotopic (exact) mass is 519 g/mol. The average Bonchev–Trinajstić information content (AvgIpc) is 3.33. The van der Waals surface area contributed by atoms with Crippen LogP contribution in [0.15, 0.2) is 55.0 Å². The van der Waals surface area contributed by atoms with Gasteiger partial charge in [0.25, 0.3) is 0 Å². The van der Waals surface area contributed by atoms with Crippen molar-refractivity contribution in [3.63, 3.8) is 0 Å². The van der Waals surface area contributed by atoms with Crippen LogP contribution in [-0.2, 0) is 4.74 Å². The molecule has 0 bridgehead atoms. The molecule has 1 aromatic carbocycles. The largest absolute Gasteiger partial charge is 0.497 e. The summed E-state index contributed by atoms with van der Waals surface area (Å²) in [5.74, 6) is 1.25. The van der Waals surface area contributed by atoms with Crippen molar-refractivity contribution in [1.29, 1.82) is 0 Å². The lowest BCUT2D eigenvalue weighted by Gasteiger charge is -2.28. The molecular weight excluding hydrogens is 494 g/mol. The van der Waals surface area contributed by atoms with Gasteiger partial charge in [0.15, 0.2) is 5.78 Å². The number of hydrogen-bond acceptors (Lipinski definition) is 7. The number of halogens is 1. The highest BCUT2D eigenvalue weighted by atomic mass is 35.5. The van der Waals surface area contributed by atoms with Crippen LogP contribution in [-0.4, -0.2) is 46.1 Å². The maximum atomic E-state index is 13.2. The van der Waals surface area contributed by atoms with Gasteiger partial charge in [-0.2, -0.15) is 0 Å². The Kier molecular flexibility index (Phi) is 6.96. The predicted octanol–water partition coefficient (Wildman–Crippen LogP) is 5.34. The molecule has 0 radical (unpaired) electrons. The van der Waals surface area contributed by atoms with E-state index in [1.54, 1.807) is 50.0 Å². The number of hydrogen-bond donors (Lipinski definition) is 3. The van der Waals surface area contributed by atoms with Gasteiger partial charge in [-0.1, -0.05) is 11.6 Å². The number of aromatic amines is 1. The maximum Gasteiger partial charge on any atom is 0.404 e. The van der Waals surface area contributed by atoms with Crippen molar-refractivity contribution in [3.05, 3.63) is 71.1 Å². The van der Waals surface area contributed by atoms with Crippen molar-refractivity contribution in [2.75, 3.05) is 12.4 Å². The first-order chi connectivity index (χ1) is 17.9. The second kappa shape index (κ2) is 10.5.